The Labute approximate surface area is 287 Å². The maximum Gasteiger partial charge on any atom is 0.341 e. The first-order chi connectivity index (χ1) is 23.7. The number of nitrogens with zero attached hydrogens (tertiary/aromatic N) is 1. The molecule has 3 aromatic carbocycles. The van der Waals surface area contributed by atoms with Crippen LogP contribution >= 0.6 is 11.3 Å². The number of hydrogen-bond donors (Lipinski definition) is 1. The molecule has 12 nitrogen and oxygen atoms in total. The second-order valence-corrected chi connectivity index (χ2v) is 11.3. The number of esters is 1. The minimum Gasteiger partial charge on any atom is -0.497 e. The third-order valence-electron chi connectivity index (χ3n) is 7.81. The van der Waals surface area contributed by atoms with Gasteiger partial charge in [-0.25, -0.2) is 9.78 Å². The summed E-state index contributed by atoms with van der Waals surface area (Å²) in [6.45, 7) is 1.77. The Bertz CT molecular complexity index is 1990. The van der Waals surface area contributed by atoms with Crippen LogP contribution in [0, 0.1) is 0 Å². The maximum absolute atomic E-state index is 14.1. The first-order valence-electron chi connectivity index (χ1n) is 14.9. The highest BCUT2D eigenvalue weighted by atomic mass is 32.1. The smallest absolute Gasteiger partial charge is 0.341 e. The fourth-order valence-corrected chi connectivity index (χ4v) is 6.60. The summed E-state index contributed by atoms with van der Waals surface area (Å²) in [5.41, 5.74) is 8.94. The molecule has 0 fully saturated rings. The minimum atomic E-state index is -0.682. The number of hydrogen-bond acceptors (Lipinski definition) is 13. The van der Waals surface area contributed by atoms with Crippen LogP contribution in [0.15, 0.2) is 48.5 Å². The Hall–Kier alpha value is -5.69. The van der Waals surface area contributed by atoms with Gasteiger partial charge in [0.05, 0.1) is 73.3 Å². The number of carbonyl (C=O) groups is 2. The van der Waals surface area contributed by atoms with E-state index in [0.717, 1.165) is 11.3 Å². The summed E-state index contributed by atoms with van der Waals surface area (Å²) in [5, 5.41) is 0.371. The van der Waals surface area contributed by atoms with E-state index < -0.39 is 5.97 Å². The lowest BCUT2D eigenvalue weighted by Crippen LogP contribution is -2.11. The molecule has 5 aromatic rings. The first-order valence-corrected chi connectivity index (χ1v) is 15.7. The van der Waals surface area contributed by atoms with Crippen LogP contribution in [0.4, 0.5) is 5.69 Å². The fourth-order valence-electron chi connectivity index (χ4n) is 5.54. The number of rotatable bonds is 13. The lowest BCUT2D eigenvalue weighted by Gasteiger charge is -2.19. The largest absolute Gasteiger partial charge is 0.497 e. The van der Waals surface area contributed by atoms with Gasteiger partial charge in [0.1, 0.15) is 15.5 Å². The zero-order valence-corrected chi connectivity index (χ0v) is 29.2. The van der Waals surface area contributed by atoms with Gasteiger partial charge >= 0.3 is 5.97 Å². The Morgan fingerprint density at radius 2 is 1.22 bits per heavy atom. The maximum atomic E-state index is 14.1. The van der Waals surface area contributed by atoms with Gasteiger partial charge in [-0.15, -0.1) is 11.3 Å². The number of methoxy groups -OCH3 is 7. The molecule has 0 spiro atoms. The number of anilines is 1. The average Bonchev–Trinajstić information content (AvgIpc) is 3.47. The van der Waals surface area contributed by atoms with Crippen LogP contribution in [-0.2, 0) is 4.74 Å². The second kappa shape index (κ2) is 14.6. The van der Waals surface area contributed by atoms with Crippen molar-refractivity contribution in [3.05, 3.63) is 64.5 Å². The Morgan fingerprint density at radius 1 is 0.714 bits per heavy atom. The fraction of sp³-hybridized carbons (Fsp3) is 0.250. The van der Waals surface area contributed by atoms with Gasteiger partial charge in [0.25, 0.3) is 0 Å². The molecule has 2 aromatic heterocycles. The molecular weight excluding hydrogens is 652 g/mol. The van der Waals surface area contributed by atoms with Crippen molar-refractivity contribution >= 4 is 39.0 Å². The lowest BCUT2D eigenvalue weighted by molar-refractivity contribution is 0.0528. The normalized spacial score (nSPS) is 10.8. The number of benzene rings is 3. The van der Waals surface area contributed by atoms with E-state index in [9.17, 15) is 9.59 Å². The summed E-state index contributed by atoms with van der Waals surface area (Å²) in [5.74, 6) is 1.61. The summed E-state index contributed by atoms with van der Waals surface area (Å²) in [4.78, 5) is 33.7. The number of pyridine rings is 1. The van der Waals surface area contributed by atoms with Gasteiger partial charge < -0.3 is 43.6 Å². The molecular formula is C36H36N2O10S. The molecule has 0 saturated heterocycles. The molecule has 0 amide bonds. The number of fused-ring (bicyclic) bond motifs is 1. The molecule has 49 heavy (non-hydrogen) atoms. The predicted octanol–water partition coefficient (Wildman–Crippen LogP) is 6.68. The van der Waals surface area contributed by atoms with Crippen LogP contribution in [0.25, 0.3) is 32.6 Å². The van der Waals surface area contributed by atoms with Crippen molar-refractivity contribution in [1.82, 2.24) is 4.98 Å². The topological polar surface area (TPSA) is 147 Å². The third-order valence-corrected chi connectivity index (χ3v) is 8.90. The molecule has 0 aliphatic carbocycles. The van der Waals surface area contributed by atoms with E-state index in [1.165, 1.54) is 42.7 Å². The monoisotopic (exact) mass is 688 g/mol. The van der Waals surface area contributed by atoms with Crippen molar-refractivity contribution in [2.75, 3.05) is 62.1 Å². The van der Waals surface area contributed by atoms with Gasteiger partial charge in [-0.1, -0.05) is 0 Å². The number of nitrogen functional groups attached to an aromatic ring is 1. The number of carbonyl (C=O) groups excluding carboxylic acids is 2. The van der Waals surface area contributed by atoms with Gasteiger partial charge in [-0.05, 0) is 61.0 Å². The van der Waals surface area contributed by atoms with Gasteiger partial charge in [0.2, 0.25) is 17.3 Å². The van der Waals surface area contributed by atoms with Crippen LogP contribution in [0.5, 0.6) is 40.2 Å². The van der Waals surface area contributed by atoms with E-state index in [0.29, 0.717) is 72.7 Å². The molecule has 0 bridgehead atoms. The van der Waals surface area contributed by atoms with Crippen LogP contribution in [0.2, 0.25) is 0 Å². The Morgan fingerprint density at radius 3 is 1.67 bits per heavy atom. The first kappa shape index (κ1) is 34.6. The average molecular weight is 689 g/mol. The van der Waals surface area contributed by atoms with Crippen molar-refractivity contribution in [3.63, 3.8) is 0 Å². The van der Waals surface area contributed by atoms with Crippen molar-refractivity contribution in [2.45, 2.75) is 6.92 Å². The number of ether oxygens (including phenoxy) is 8. The summed E-state index contributed by atoms with van der Waals surface area (Å²) >= 11 is 1.10. The molecule has 13 heteroatoms. The number of nitrogens with two attached hydrogens (primary N) is 1. The van der Waals surface area contributed by atoms with Crippen molar-refractivity contribution in [3.8, 4) is 62.6 Å². The van der Waals surface area contributed by atoms with E-state index in [2.05, 4.69) is 0 Å². The standard InChI is InChI=1S/C36H36N2O10S/c1-9-48-36(40)28-26(19-14-22(42-3)32(46-7)23(15-19)43-4)27-29(37)34(31(39)18-10-12-21(41-2)13-11-18)49-35(27)38-30(28)20-16-24(44-5)33(47-8)25(17-20)45-6/h10-17H,9,37H2,1-8H3. The van der Waals surface area contributed by atoms with Crippen LogP contribution in [0.3, 0.4) is 0 Å². The quantitative estimate of drug-likeness (QED) is 0.104. The minimum absolute atomic E-state index is 0.0700. The highest BCUT2D eigenvalue weighted by Crippen LogP contribution is 2.50. The molecule has 0 unspecified atom stereocenters. The number of ketones is 1. The summed E-state index contributed by atoms with van der Waals surface area (Å²) < 4.78 is 44.6. The number of aromatic nitrogens is 1. The molecule has 0 atom stereocenters. The van der Waals surface area contributed by atoms with Crippen molar-refractivity contribution in [2.24, 2.45) is 0 Å². The van der Waals surface area contributed by atoms with Crippen LogP contribution < -0.4 is 38.9 Å². The highest BCUT2D eigenvalue weighted by molar-refractivity contribution is 7.21. The van der Waals surface area contributed by atoms with Gasteiger partial charge in [-0.2, -0.15) is 0 Å². The molecule has 0 aliphatic heterocycles. The third kappa shape index (κ3) is 6.20. The molecule has 0 radical (unpaired) electrons. The van der Waals surface area contributed by atoms with E-state index in [-0.39, 0.29) is 34.2 Å². The number of thiophene rings is 1. The molecule has 5 rings (SSSR count). The Kier molecular flexibility index (Phi) is 10.3. The zero-order chi connectivity index (χ0) is 35.4. The van der Waals surface area contributed by atoms with Crippen molar-refractivity contribution < 1.29 is 47.5 Å². The highest BCUT2D eigenvalue weighted by Gasteiger charge is 2.31. The Balaban J connectivity index is 1.96. The van der Waals surface area contributed by atoms with E-state index >= 15 is 0 Å². The van der Waals surface area contributed by atoms with Crippen molar-refractivity contribution in [1.29, 1.82) is 0 Å². The van der Waals surface area contributed by atoms with Gasteiger partial charge in [0.15, 0.2) is 23.0 Å². The van der Waals surface area contributed by atoms with Gasteiger partial charge in [-0.3, -0.25) is 4.79 Å². The summed E-state index contributed by atoms with van der Waals surface area (Å²) in [6.07, 6.45) is 0. The van der Waals surface area contributed by atoms with E-state index in [4.69, 9.17) is 48.6 Å². The molecule has 0 saturated carbocycles. The molecule has 2 heterocycles. The van der Waals surface area contributed by atoms with Gasteiger partial charge in [0, 0.05) is 22.1 Å². The van der Waals surface area contributed by atoms with E-state index in [1.54, 1.807) is 62.6 Å². The lowest BCUT2D eigenvalue weighted by atomic mass is 9.91. The molecule has 0 aliphatic rings. The zero-order valence-electron chi connectivity index (χ0n) is 28.3. The summed E-state index contributed by atoms with van der Waals surface area (Å²) in [7, 11) is 10.5. The molecule has 256 valence electrons. The summed E-state index contributed by atoms with van der Waals surface area (Å²) in [6, 6.07) is 13.4. The van der Waals surface area contributed by atoms with Crippen LogP contribution in [0.1, 0.15) is 32.5 Å². The van der Waals surface area contributed by atoms with E-state index in [1.807, 2.05) is 0 Å². The van der Waals surface area contributed by atoms with Crippen LogP contribution in [-0.4, -0.2) is 73.1 Å². The predicted molar refractivity (Wildman–Crippen MR) is 187 cm³/mol. The second-order valence-electron chi connectivity index (χ2n) is 10.3. The molecule has 2 N–H and O–H groups in total. The SMILES string of the molecule is CCOC(=O)c1c(-c2cc(OC)c(OC)c(OC)c2)nc2sc(C(=O)c3ccc(OC)cc3)c(N)c2c1-c1cc(OC)c(OC)c(OC)c1.